The molecule has 8 heteroatoms. The van der Waals surface area contributed by atoms with Crippen molar-refractivity contribution in [3.63, 3.8) is 0 Å². The highest BCUT2D eigenvalue weighted by Gasteiger charge is 2.18. The third-order valence-electron chi connectivity index (χ3n) is 1.97. The number of rotatable bonds is 5. The smallest absolute Gasteiger partial charge is 0.371 e. The number of carbonyl (C=O) groups excluding carboxylic acids is 1. The van der Waals surface area contributed by atoms with Gasteiger partial charge in [-0.05, 0) is 19.1 Å². The van der Waals surface area contributed by atoms with Crippen molar-refractivity contribution in [1.82, 2.24) is 5.32 Å². The van der Waals surface area contributed by atoms with Crippen LogP contribution in [0.1, 0.15) is 28.0 Å². The van der Waals surface area contributed by atoms with Crippen molar-refractivity contribution in [2.75, 3.05) is 12.0 Å². The van der Waals surface area contributed by atoms with Crippen molar-refractivity contribution >= 4 is 21.7 Å². The van der Waals surface area contributed by atoms with Crippen LogP contribution in [0.3, 0.4) is 0 Å². The highest BCUT2D eigenvalue weighted by atomic mass is 32.2. The molecule has 1 atom stereocenters. The zero-order valence-corrected chi connectivity index (χ0v) is 10.7. The fraction of sp³-hybridized carbons (Fsp3) is 0.400. The lowest BCUT2D eigenvalue weighted by molar-refractivity contribution is 0.0659. The molecule has 0 aliphatic carbocycles. The lowest BCUT2D eigenvalue weighted by atomic mass is 10.3. The van der Waals surface area contributed by atoms with Crippen molar-refractivity contribution in [2.24, 2.45) is 0 Å². The van der Waals surface area contributed by atoms with Crippen LogP contribution in [0.15, 0.2) is 16.5 Å². The summed E-state index contributed by atoms with van der Waals surface area (Å²) in [4.78, 5) is 22.1. The maximum Gasteiger partial charge on any atom is 0.371 e. The van der Waals surface area contributed by atoms with Gasteiger partial charge in [-0.2, -0.15) is 0 Å². The Morgan fingerprint density at radius 3 is 2.39 bits per heavy atom. The number of hydrogen-bond donors (Lipinski definition) is 2. The van der Waals surface area contributed by atoms with Crippen LogP contribution in [-0.2, 0) is 9.84 Å². The predicted octanol–water partition coefficient (Wildman–Crippen LogP) is 0.141. The first kappa shape index (κ1) is 14.2. The molecule has 0 saturated carbocycles. The Balaban J connectivity index is 2.67. The van der Waals surface area contributed by atoms with Gasteiger partial charge in [0.2, 0.25) is 5.76 Å². The highest BCUT2D eigenvalue weighted by Crippen LogP contribution is 2.08. The van der Waals surface area contributed by atoms with Crippen molar-refractivity contribution < 1.29 is 27.5 Å². The first-order valence-corrected chi connectivity index (χ1v) is 7.07. The molecule has 0 spiro atoms. The van der Waals surface area contributed by atoms with E-state index in [2.05, 4.69) is 5.32 Å². The molecule has 1 heterocycles. The second-order valence-electron chi connectivity index (χ2n) is 3.94. The van der Waals surface area contributed by atoms with Crippen LogP contribution in [0.25, 0.3) is 0 Å². The predicted molar refractivity (Wildman–Crippen MR) is 62.3 cm³/mol. The Kier molecular flexibility index (Phi) is 4.12. The van der Waals surface area contributed by atoms with E-state index in [1.807, 2.05) is 0 Å². The van der Waals surface area contributed by atoms with Crippen molar-refractivity contribution in [2.45, 2.75) is 13.0 Å². The van der Waals surface area contributed by atoms with Gasteiger partial charge < -0.3 is 14.8 Å². The molecule has 0 aromatic carbocycles. The third kappa shape index (κ3) is 4.21. The number of furan rings is 1. The number of nitrogens with one attached hydrogen (secondary N) is 1. The third-order valence-corrected chi connectivity index (χ3v) is 3.08. The van der Waals surface area contributed by atoms with Crippen LogP contribution < -0.4 is 5.32 Å². The van der Waals surface area contributed by atoms with E-state index in [-0.39, 0.29) is 17.3 Å². The van der Waals surface area contributed by atoms with Crippen LogP contribution >= 0.6 is 0 Å². The summed E-state index contributed by atoms with van der Waals surface area (Å²) in [6, 6.07) is 1.77. The van der Waals surface area contributed by atoms with Crippen molar-refractivity contribution in [3.05, 3.63) is 23.7 Å². The molecule has 0 aliphatic heterocycles. The van der Waals surface area contributed by atoms with E-state index in [9.17, 15) is 18.0 Å². The number of aromatic carboxylic acids is 1. The van der Waals surface area contributed by atoms with Crippen LogP contribution in [0.2, 0.25) is 0 Å². The van der Waals surface area contributed by atoms with Crippen molar-refractivity contribution in [3.8, 4) is 0 Å². The van der Waals surface area contributed by atoms with Gasteiger partial charge in [-0.3, -0.25) is 4.79 Å². The van der Waals surface area contributed by atoms with Gasteiger partial charge in [0.25, 0.3) is 5.91 Å². The first-order chi connectivity index (χ1) is 8.19. The molecular formula is C10H13NO6S. The van der Waals surface area contributed by atoms with E-state index in [4.69, 9.17) is 9.52 Å². The number of carbonyl (C=O) groups is 2. The number of sulfone groups is 1. The van der Waals surface area contributed by atoms with Gasteiger partial charge in [-0.1, -0.05) is 0 Å². The van der Waals surface area contributed by atoms with Gasteiger partial charge in [-0.25, -0.2) is 13.2 Å². The Bertz CT molecular complexity index is 559. The van der Waals surface area contributed by atoms with Crippen LogP contribution in [0.4, 0.5) is 0 Å². The second-order valence-corrected chi connectivity index (χ2v) is 6.12. The second kappa shape index (κ2) is 5.21. The minimum atomic E-state index is -3.20. The molecular weight excluding hydrogens is 262 g/mol. The molecule has 1 amide bonds. The summed E-state index contributed by atoms with van der Waals surface area (Å²) in [5, 5.41) is 11.0. The first-order valence-electron chi connectivity index (χ1n) is 5.01. The zero-order valence-electron chi connectivity index (χ0n) is 9.84. The molecule has 2 N–H and O–H groups in total. The Labute approximate surface area is 104 Å². The van der Waals surface area contributed by atoms with E-state index in [1.165, 1.54) is 13.0 Å². The summed E-state index contributed by atoms with van der Waals surface area (Å²) < 4.78 is 26.8. The number of carboxylic acid groups (broad SMARTS) is 1. The summed E-state index contributed by atoms with van der Waals surface area (Å²) in [5.41, 5.74) is 0. The van der Waals surface area contributed by atoms with Crippen LogP contribution in [0, 0.1) is 0 Å². The lowest BCUT2D eigenvalue weighted by Gasteiger charge is -2.11. The summed E-state index contributed by atoms with van der Waals surface area (Å²) in [7, 11) is -3.20. The molecule has 0 saturated heterocycles. The van der Waals surface area contributed by atoms with Crippen LogP contribution in [0.5, 0.6) is 0 Å². The normalized spacial score (nSPS) is 13.0. The van der Waals surface area contributed by atoms with E-state index >= 15 is 0 Å². The summed E-state index contributed by atoms with van der Waals surface area (Å²) in [5.74, 6) is -2.66. The molecule has 0 bridgehead atoms. The van der Waals surface area contributed by atoms with E-state index in [0.29, 0.717) is 0 Å². The molecule has 0 radical (unpaired) electrons. The Hall–Kier alpha value is -1.83. The molecule has 1 aromatic heterocycles. The van der Waals surface area contributed by atoms with E-state index in [1.54, 1.807) is 0 Å². The maximum atomic E-state index is 11.6. The summed E-state index contributed by atoms with van der Waals surface area (Å²) >= 11 is 0. The number of carboxylic acids is 1. The lowest BCUT2D eigenvalue weighted by Crippen LogP contribution is -2.37. The summed E-state index contributed by atoms with van der Waals surface area (Å²) in [6.45, 7) is 1.53. The van der Waals surface area contributed by atoms with Gasteiger partial charge >= 0.3 is 5.97 Å². The standard InChI is InChI=1S/C10H13NO6S/c1-6(5-18(2,15)16)11-9(12)7-3-4-8(17-7)10(13)14/h3-4,6H,5H2,1-2H3,(H,11,12)(H,13,14). The molecule has 1 rings (SSSR count). The highest BCUT2D eigenvalue weighted by molar-refractivity contribution is 7.90. The van der Waals surface area contributed by atoms with Crippen molar-refractivity contribution in [1.29, 1.82) is 0 Å². The van der Waals surface area contributed by atoms with Gasteiger partial charge in [-0.15, -0.1) is 0 Å². The van der Waals surface area contributed by atoms with E-state index < -0.39 is 27.8 Å². The maximum absolute atomic E-state index is 11.6. The van der Waals surface area contributed by atoms with Gasteiger partial charge in [0.1, 0.15) is 9.84 Å². The average Bonchev–Trinajstić information content (AvgIpc) is 2.62. The molecule has 0 aliphatic rings. The Morgan fingerprint density at radius 1 is 1.39 bits per heavy atom. The Morgan fingerprint density at radius 2 is 1.94 bits per heavy atom. The fourth-order valence-corrected chi connectivity index (χ4v) is 2.36. The SMILES string of the molecule is CC(CS(C)(=O)=O)NC(=O)c1ccc(C(=O)O)o1. The molecule has 1 unspecified atom stereocenters. The van der Waals surface area contributed by atoms with Gasteiger partial charge in [0.05, 0.1) is 5.75 Å². The van der Waals surface area contributed by atoms with Crippen LogP contribution in [-0.4, -0.2) is 43.5 Å². The minimum Gasteiger partial charge on any atom is -0.475 e. The topological polar surface area (TPSA) is 114 Å². The zero-order chi connectivity index (χ0) is 13.9. The largest absolute Gasteiger partial charge is 0.475 e. The summed E-state index contributed by atoms with van der Waals surface area (Å²) in [6.07, 6.45) is 1.06. The molecule has 100 valence electrons. The number of hydrogen-bond acceptors (Lipinski definition) is 5. The average molecular weight is 275 g/mol. The monoisotopic (exact) mass is 275 g/mol. The van der Waals surface area contributed by atoms with E-state index in [0.717, 1.165) is 12.3 Å². The minimum absolute atomic E-state index is 0.173. The van der Waals surface area contributed by atoms with Gasteiger partial charge in [0, 0.05) is 12.3 Å². The number of amides is 1. The molecule has 7 nitrogen and oxygen atoms in total. The fourth-order valence-electron chi connectivity index (χ4n) is 1.37. The quantitative estimate of drug-likeness (QED) is 0.790. The molecule has 18 heavy (non-hydrogen) atoms. The molecule has 1 aromatic rings. The van der Waals surface area contributed by atoms with Gasteiger partial charge in [0.15, 0.2) is 5.76 Å². The molecule has 0 fully saturated rings.